The molecular weight excluding hydrogens is 587 g/mol. The first-order chi connectivity index (χ1) is 23.8. The van der Waals surface area contributed by atoms with Crippen LogP contribution in [-0.2, 0) is 0 Å². The van der Waals surface area contributed by atoms with Gasteiger partial charge < -0.3 is 0 Å². The zero-order valence-electron chi connectivity index (χ0n) is 25.8. The molecule has 0 aliphatic rings. The molecule has 0 aliphatic carbocycles. The zero-order chi connectivity index (χ0) is 31.9. The monoisotopic (exact) mass is 613 g/mol. The third-order valence-electron chi connectivity index (χ3n) is 8.93. The summed E-state index contributed by atoms with van der Waals surface area (Å²) in [6, 6.07) is 49.0. The van der Waals surface area contributed by atoms with Gasteiger partial charge in [0.05, 0.1) is 0 Å². The fourth-order valence-corrected chi connectivity index (χ4v) is 6.63. The Kier molecular flexibility index (Phi) is 6.72. The minimum absolute atomic E-state index is 0.591. The van der Waals surface area contributed by atoms with Gasteiger partial charge in [-0.15, -0.1) is 0 Å². The van der Waals surface area contributed by atoms with Gasteiger partial charge in [-0.3, -0.25) is 9.97 Å². The second-order valence-electron chi connectivity index (χ2n) is 11.8. The number of pyridine rings is 2. The minimum Gasteiger partial charge on any atom is -0.265 e. The fourth-order valence-electron chi connectivity index (χ4n) is 6.63. The summed E-state index contributed by atoms with van der Waals surface area (Å²) in [5, 5.41) is 7.55. The van der Waals surface area contributed by atoms with Crippen LogP contribution >= 0.6 is 0 Å². The Morgan fingerprint density at radius 2 is 0.729 bits per heavy atom. The Bertz CT molecular complexity index is 2510. The summed E-state index contributed by atoms with van der Waals surface area (Å²) >= 11 is 0. The van der Waals surface area contributed by atoms with Gasteiger partial charge in [0.1, 0.15) is 0 Å². The Morgan fingerprint density at radius 1 is 0.271 bits per heavy atom. The van der Waals surface area contributed by atoms with E-state index in [2.05, 4.69) is 119 Å². The summed E-state index contributed by atoms with van der Waals surface area (Å²) < 4.78 is 0. The van der Waals surface area contributed by atoms with Crippen molar-refractivity contribution in [3.05, 3.63) is 164 Å². The summed E-state index contributed by atoms with van der Waals surface area (Å²) in [4.78, 5) is 23.2. The lowest BCUT2D eigenvalue weighted by Crippen LogP contribution is -2.00. The highest BCUT2D eigenvalue weighted by atomic mass is 15.0. The van der Waals surface area contributed by atoms with E-state index in [0.29, 0.717) is 17.5 Å². The fraction of sp³-hybridized carbons (Fsp3) is 0. The maximum atomic E-state index is 4.98. The first kappa shape index (κ1) is 27.7. The third kappa shape index (κ3) is 4.86. The number of aromatic nitrogens is 5. The predicted molar refractivity (Wildman–Crippen MR) is 195 cm³/mol. The second-order valence-corrected chi connectivity index (χ2v) is 11.8. The van der Waals surface area contributed by atoms with E-state index in [-0.39, 0.29) is 0 Å². The lowest BCUT2D eigenvalue weighted by atomic mass is 9.89. The van der Waals surface area contributed by atoms with E-state index in [1.807, 2.05) is 30.3 Å². The van der Waals surface area contributed by atoms with Gasteiger partial charge in [0, 0.05) is 41.5 Å². The van der Waals surface area contributed by atoms with Gasteiger partial charge in [-0.25, -0.2) is 15.0 Å². The van der Waals surface area contributed by atoms with Gasteiger partial charge in [-0.05, 0) is 91.0 Å². The largest absolute Gasteiger partial charge is 0.265 e. The maximum Gasteiger partial charge on any atom is 0.164 e. The maximum absolute atomic E-state index is 4.98. The van der Waals surface area contributed by atoms with Crippen LogP contribution in [-0.4, -0.2) is 24.9 Å². The number of hydrogen-bond acceptors (Lipinski definition) is 5. The smallest absolute Gasteiger partial charge is 0.164 e. The summed E-state index contributed by atoms with van der Waals surface area (Å²) in [6.45, 7) is 0. The van der Waals surface area contributed by atoms with Crippen molar-refractivity contribution >= 4 is 32.3 Å². The standard InChI is InChI=1S/C43H27N5/c1-2-8-28(9-3-1)39-27-32(43-47-41(29-18-22-44-23-19-29)46-42(48-43)30-20-24-45-25-21-30)15-16-33(39)31-14-17-38-36-12-5-4-10-34(36)35-11-6-7-13-37(35)40(38)26-31/h1-27H. The summed E-state index contributed by atoms with van der Waals surface area (Å²) in [5.41, 5.74) is 7.17. The van der Waals surface area contributed by atoms with E-state index in [9.17, 15) is 0 Å². The Balaban J connectivity index is 1.26. The molecule has 0 amide bonds. The number of nitrogens with zero attached hydrogens (tertiary/aromatic N) is 5. The third-order valence-corrected chi connectivity index (χ3v) is 8.93. The Labute approximate surface area is 277 Å². The molecule has 0 saturated heterocycles. The molecule has 6 aromatic carbocycles. The summed E-state index contributed by atoms with van der Waals surface area (Å²) in [6.07, 6.45) is 7.01. The first-order valence-corrected chi connectivity index (χ1v) is 15.9. The van der Waals surface area contributed by atoms with E-state index in [0.717, 1.165) is 38.9 Å². The molecule has 0 atom stereocenters. The molecule has 48 heavy (non-hydrogen) atoms. The van der Waals surface area contributed by atoms with E-state index in [1.165, 1.54) is 32.3 Å². The molecular formula is C43H27N5. The van der Waals surface area contributed by atoms with Gasteiger partial charge in [0.15, 0.2) is 17.5 Å². The van der Waals surface area contributed by atoms with Crippen LogP contribution in [0.5, 0.6) is 0 Å². The normalized spacial score (nSPS) is 11.3. The van der Waals surface area contributed by atoms with Gasteiger partial charge in [0.25, 0.3) is 0 Å². The van der Waals surface area contributed by atoms with Crippen LogP contribution in [0.15, 0.2) is 164 Å². The van der Waals surface area contributed by atoms with Crippen LogP contribution < -0.4 is 0 Å². The predicted octanol–water partition coefficient (Wildman–Crippen LogP) is 10.5. The molecule has 0 unspecified atom stereocenters. The van der Waals surface area contributed by atoms with Crippen molar-refractivity contribution in [1.29, 1.82) is 0 Å². The second kappa shape index (κ2) is 11.6. The topological polar surface area (TPSA) is 64.5 Å². The molecule has 224 valence electrons. The van der Waals surface area contributed by atoms with Crippen molar-refractivity contribution in [2.45, 2.75) is 0 Å². The van der Waals surface area contributed by atoms with Crippen LogP contribution in [0, 0.1) is 0 Å². The molecule has 0 saturated carbocycles. The van der Waals surface area contributed by atoms with Crippen LogP contribution in [0.25, 0.3) is 88.7 Å². The number of rotatable bonds is 5. The lowest BCUT2D eigenvalue weighted by molar-refractivity contribution is 1.07. The Morgan fingerprint density at radius 3 is 1.29 bits per heavy atom. The van der Waals surface area contributed by atoms with Gasteiger partial charge >= 0.3 is 0 Å². The van der Waals surface area contributed by atoms with E-state index in [4.69, 9.17) is 15.0 Å². The molecule has 0 spiro atoms. The van der Waals surface area contributed by atoms with Crippen LogP contribution in [0.2, 0.25) is 0 Å². The molecule has 9 rings (SSSR count). The number of hydrogen-bond donors (Lipinski definition) is 0. The molecule has 5 nitrogen and oxygen atoms in total. The lowest BCUT2D eigenvalue weighted by Gasteiger charge is -2.16. The van der Waals surface area contributed by atoms with Crippen molar-refractivity contribution in [2.75, 3.05) is 0 Å². The van der Waals surface area contributed by atoms with E-state index >= 15 is 0 Å². The average molecular weight is 614 g/mol. The van der Waals surface area contributed by atoms with Crippen LogP contribution in [0.3, 0.4) is 0 Å². The Hall–Kier alpha value is -6.59. The summed E-state index contributed by atoms with van der Waals surface area (Å²) in [5.74, 6) is 1.78. The molecule has 3 aromatic heterocycles. The molecule has 0 fully saturated rings. The highest BCUT2D eigenvalue weighted by Gasteiger charge is 2.17. The van der Waals surface area contributed by atoms with Crippen LogP contribution in [0.4, 0.5) is 0 Å². The average Bonchev–Trinajstić information content (AvgIpc) is 3.18. The molecule has 5 heteroatoms. The molecule has 0 aliphatic heterocycles. The minimum atomic E-state index is 0.591. The number of fused-ring (bicyclic) bond motifs is 6. The SMILES string of the molecule is c1ccc(-c2cc(-c3nc(-c4ccncc4)nc(-c4ccncc4)n3)ccc2-c2ccc3c4ccccc4c4ccccc4c3c2)cc1. The highest BCUT2D eigenvalue weighted by Crippen LogP contribution is 2.40. The van der Waals surface area contributed by atoms with E-state index in [1.54, 1.807) is 24.8 Å². The zero-order valence-corrected chi connectivity index (χ0v) is 25.8. The van der Waals surface area contributed by atoms with Gasteiger partial charge in [-0.2, -0.15) is 0 Å². The first-order valence-electron chi connectivity index (χ1n) is 15.9. The quantitative estimate of drug-likeness (QED) is 0.181. The highest BCUT2D eigenvalue weighted by molar-refractivity contribution is 6.25. The van der Waals surface area contributed by atoms with Crippen molar-refractivity contribution in [3.63, 3.8) is 0 Å². The van der Waals surface area contributed by atoms with E-state index < -0.39 is 0 Å². The molecule has 0 N–H and O–H groups in total. The van der Waals surface area contributed by atoms with Gasteiger partial charge in [0.2, 0.25) is 0 Å². The molecule has 9 aromatic rings. The number of benzene rings is 6. The molecule has 0 radical (unpaired) electrons. The van der Waals surface area contributed by atoms with Crippen molar-refractivity contribution in [2.24, 2.45) is 0 Å². The van der Waals surface area contributed by atoms with Crippen molar-refractivity contribution in [1.82, 2.24) is 24.9 Å². The van der Waals surface area contributed by atoms with Crippen molar-refractivity contribution < 1.29 is 0 Å². The van der Waals surface area contributed by atoms with Crippen LogP contribution in [0.1, 0.15) is 0 Å². The van der Waals surface area contributed by atoms with Gasteiger partial charge in [-0.1, -0.05) is 103 Å². The molecule has 0 bridgehead atoms. The molecule has 3 heterocycles. The summed E-state index contributed by atoms with van der Waals surface area (Å²) in [7, 11) is 0. The van der Waals surface area contributed by atoms with Crippen molar-refractivity contribution in [3.8, 4) is 56.4 Å².